The van der Waals surface area contributed by atoms with Crippen LogP contribution in [0.25, 0.3) is 0 Å². The molecule has 0 fully saturated rings. The molecule has 0 bridgehead atoms. The van der Waals surface area contributed by atoms with Gasteiger partial charge in [0.25, 0.3) is 0 Å². The van der Waals surface area contributed by atoms with Crippen molar-refractivity contribution in [2.45, 2.75) is 31.2 Å². The van der Waals surface area contributed by atoms with E-state index in [1.807, 2.05) is 55.5 Å². The molecule has 0 unspecified atom stereocenters. The zero-order valence-electron chi connectivity index (χ0n) is 14.0. The average Bonchev–Trinajstić information content (AvgIpc) is 2.61. The van der Waals surface area contributed by atoms with Gasteiger partial charge in [-0.1, -0.05) is 30.7 Å². The zero-order chi connectivity index (χ0) is 18.1. The predicted molar refractivity (Wildman–Crippen MR) is 104 cm³/mol. The largest absolute Gasteiger partial charge is 0.351 e. The standard InChI is InChI=1S/C19H21ClN2O2S/c1-2-3-18(23)22-16-8-4-14(5-9-16)12-21-19(24)13-25-17-10-6-15(20)7-11-17/h4-11H,2-3,12-13H2,1H3,(H,21,24)(H,22,23). The van der Waals surface area contributed by atoms with E-state index in [2.05, 4.69) is 10.6 Å². The molecule has 0 aromatic heterocycles. The van der Waals surface area contributed by atoms with Gasteiger partial charge in [0.05, 0.1) is 5.75 Å². The van der Waals surface area contributed by atoms with Gasteiger partial charge in [0.15, 0.2) is 0 Å². The van der Waals surface area contributed by atoms with Crippen LogP contribution in [0, 0.1) is 0 Å². The maximum atomic E-state index is 11.9. The van der Waals surface area contributed by atoms with Gasteiger partial charge >= 0.3 is 0 Å². The molecule has 2 aromatic rings. The van der Waals surface area contributed by atoms with Crippen LogP contribution in [0.2, 0.25) is 5.02 Å². The zero-order valence-corrected chi connectivity index (χ0v) is 15.6. The van der Waals surface area contributed by atoms with Gasteiger partial charge in [0.2, 0.25) is 11.8 Å². The van der Waals surface area contributed by atoms with Gasteiger partial charge in [-0.15, -0.1) is 11.8 Å². The van der Waals surface area contributed by atoms with Crippen LogP contribution in [0.1, 0.15) is 25.3 Å². The Kier molecular flexibility index (Phi) is 7.82. The van der Waals surface area contributed by atoms with Crippen molar-refractivity contribution in [1.29, 1.82) is 0 Å². The number of carbonyl (C=O) groups excluding carboxylic acids is 2. The number of halogens is 1. The van der Waals surface area contributed by atoms with E-state index in [-0.39, 0.29) is 11.8 Å². The minimum atomic E-state index is -0.0275. The maximum absolute atomic E-state index is 11.9. The molecule has 0 spiro atoms. The lowest BCUT2D eigenvalue weighted by Gasteiger charge is -2.08. The smallest absolute Gasteiger partial charge is 0.230 e. The Morgan fingerprint density at radius 1 is 1.00 bits per heavy atom. The maximum Gasteiger partial charge on any atom is 0.230 e. The summed E-state index contributed by atoms with van der Waals surface area (Å²) in [6.07, 6.45) is 1.34. The van der Waals surface area contributed by atoms with Crippen LogP contribution >= 0.6 is 23.4 Å². The second kappa shape index (κ2) is 10.1. The quantitative estimate of drug-likeness (QED) is 0.667. The summed E-state index contributed by atoms with van der Waals surface area (Å²) in [5.41, 5.74) is 1.75. The molecule has 6 heteroatoms. The molecule has 4 nitrogen and oxygen atoms in total. The molecule has 2 aromatic carbocycles. The highest BCUT2D eigenvalue weighted by molar-refractivity contribution is 8.00. The van der Waals surface area contributed by atoms with E-state index in [1.165, 1.54) is 11.8 Å². The third kappa shape index (κ3) is 7.20. The molecule has 2 N–H and O–H groups in total. The van der Waals surface area contributed by atoms with E-state index in [9.17, 15) is 9.59 Å². The fourth-order valence-corrected chi connectivity index (χ4v) is 2.94. The predicted octanol–water partition coefficient (Wildman–Crippen LogP) is 4.49. The fourth-order valence-electron chi connectivity index (χ4n) is 2.09. The van der Waals surface area contributed by atoms with Crippen molar-refractivity contribution in [2.24, 2.45) is 0 Å². The van der Waals surface area contributed by atoms with Crippen LogP contribution in [0.3, 0.4) is 0 Å². The number of hydrogen-bond donors (Lipinski definition) is 2. The summed E-state index contributed by atoms with van der Waals surface area (Å²) in [6, 6.07) is 14.9. The summed E-state index contributed by atoms with van der Waals surface area (Å²) in [6.45, 7) is 2.43. The van der Waals surface area contributed by atoms with E-state index >= 15 is 0 Å². The summed E-state index contributed by atoms with van der Waals surface area (Å²) in [4.78, 5) is 24.5. The molecule has 0 radical (unpaired) electrons. The van der Waals surface area contributed by atoms with Crippen LogP contribution in [-0.2, 0) is 16.1 Å². The monoisotopic (exact) mass is 376 g/mol. The first kappa shape index (κ1) is 19.3. The minimum absolute atomic E-state index is 0.0165. The number of amides is 2. The highest BCUT2D eigenvalue weighted by Gasteiger charge is 2.04. The normalized spacial score (nSPS) is 10.3. The topological polar surface area (TPSA) is 58.2 Å². The molecule has 25 heavy (non-hydrogen) atoms. The molecule has 0 aliphatic carbocycles. The van der Waals surface area contributed by atoms with E-state index in [4.69, 9.17) is 11.6 Å². The number of benzene rings is 2. The third-order valence-corrected chi connectivity index (χ3v) is 4.65. The summed E-state index contributed by atoms with van der Waals surface area (Å²) in [5.74, 6) is 0.343. The Labute approximate surface area is 157 Å². The minimum Gasteiger partial charge on any atom is -0.351 e. The molecular formula is C19H21ClN2O2S. The van der Waals surface area contributed by atoms with Crippen molar-refractivity contribution in [2.75, 3.05) is 11.1 Å². The molecular weight excluding hydrogens is 356 g/mol. The van der Waals surface area contributed by atoms with E-state index in [0.717, 1.165) is 22.6 Å². The first-order chi connectivity index (χ1) is 12.1. The second-order valence-electron chi connectivity index (χ2n) is 5.51. The number of nitrogens with one attached hydrogen (secondary N) is 2. The van der Waals surface area contributed by atoms with Gasteiger partial charge in [-0.25, -0.2) is 0 Å². The Morgan fingerprint density at radius 2 is 1.68 bits per heavy atom. The highest BCUT2D eigenvalue weighted by Crippen LogP contribution is 2.20. The van der Waals surface area contributed by atoms with Crippen LogP contribution in [0.4, 0.5) is 5.69 Å². The lowest BCUT2D eigenvalue weighted by molar-refractivity contribution is -0.118. The average molecular weight is 377 g/mol. The van der Waals surface area contributed by atoms with Crippen LogP contribution in [0.15, 0.2) is 53.4 Å². The third-order valence-electron chi connectivity index (χ3n) is 3.39. The molecule has 132 valence electrons. The van der Waals surface area contributed by atoms with Crippen molar-refractivity contribution in [3.63, 3.8) is 0 Å². The van der Waals surface area contributed by atoms with Crippen LogP contribution in [-0.4, -0.2) is 17.6 Å². The SMILES string of the molecule is CCCC(=O)Nc1ccc(CNC(=O)CSc2ccc(Cl)cc2)cc1. The number of rotatable bonds is 8. The number of hydrogen-bond acceptors (Lipinski definition) is 3. The molecule has 0 saturated carbocycles. The van der Waals surface area contributed by atoms with Crippen LogP contribution < -0.4 is 10.6 Å². The molecule has 0 heterocycles. The number of anilines is 1. The van der Waals surface area contributed by atoms with Gasteiger partial charge in [-0.05, 0) is 48.4 Å². The first-order valence-electron chi connectivity index (χ1n) is 8.10. The molecule has 2 amide bonds. The molecule has 0 aliphatic heterocycles. The molecule has 0 aliphatic rings. The molecule has 0 atom stereocenters. The fraction of sp³-hybridized carbons (Fsp3) is 0.263. The first-order valence-corrected chi connectivity index (χ1v) is 9.47. The van der Waals surface area contributed by atoms with Crippen molar-refractivity contribution in [3.05, 3.63) is 59.1 Å². The lowest BCUT2D eigenvalue weighted by Crippen LogP contribution is -2.24. The molecule has 0 saturated heterocycles. The van der Waals surface area contributed by atoms with E-state index < -0.39 is 0 Å². The Bertz CT molecular complexity index is 702. The van der Waals surface area contributed by atoms with Gasteiger partial charge < -0.3 is 10.6 Å². The van der Waals surface area contributed by atoms with Gasteiger partial charge in [0.1, 0.15) is 0 Å². The van der Waals surface area contributed by atoms with Crippen molar-refractivity contribution in [1.82, 2.24) is 5.32 Å². The lowest BCUT2D eigenvalue weighted by atomic mass is 10.2. The summed E-state index contributed by atoms with van der Waals surface area (Å²) in [7, 11) is 0. The number of carbonyl (C=O) groups is 2. The van der Waals surface area contributed by atoms with Crippen molar-refractivity contribution < 1.29 is 9.59 Å². The Balaban J connectivity index is 1.73. The van der Waals surface area contributed by atoms with Gasteiger partial charge in [0, 0.05) is 28.6 Å². The Hall–Kier alpha value is -1.98. The van der Waals surface area contributed by atoms with Gasteiger partial charge in [-0.3, -0.25) is 9.59 Å². The summed E-state index contributed by atoms with van der Waals surface area (Å²) < 4.78 is 0. The molecule has 2 rings (SSSR count). The second-order valence-corrected chi connectivity index (χ2v) is 7.00. The highest BCUT2D eigenvalue weighted by atomic mass is 35.5. The van der Waals surface area contributed by atoms with E-state index in [1.54, 1.807) is 0 Å². The Morgan fingerprint density at radius 3 is 2.32 bits per heavy atom. The van der Waals surface area contributed by atoms with Crippen molar-refractivity contribution in [3.8, 4) is 0 Å². The van der Waals surface area contributed by atoms with Crippen molar-refractivity contribution >= 4 is 40.9 Å². The number of thioether (sulfide) groups is 1. The summed E-state index contributed by atoms with van der Waals surface area (Å²) in [5, 5.41) is 6.41. The van der Waals surface area contributed by atoms with E-state index in [0.29, 0.717) is 23.7 Å². The van der Waals surface area contributed by atoms with Gasteiger partial charge in [-0.2, -0.15) is 0 Å². The van der Waals surface area contributed by atoms with Crippen LogP contribution in [0.5, 0.6) is 0 Å². The summed E-state index contributed by atoms with van der Waals surface area (Å²) >= 11 is 7.30.